The van der Waals surface area contributed by atoms with Crippen molar-refractivity contribution in [3.8, 4) is 5.75 Å². The molecule has 94 valence electrons. The van der Waals surface area contributed by atoms with Crippen LogP contribution in [0.3, 0.4) is 0 Å². The lowest BCUT2D eigenvalue weighted by molar-refractivity contribution is 0.351. The van der Waals surface area contributed by atoms with Crippen LogP contribution in [0.5, 0.6) is 5.75 Å². The van der Waals surface area contributed by atoms with Crippen molar-refractivity contribution < 1.29 is 4.74 Å². The van der Waals surface area contributed by atoms with Gasteiger partial charge in [0, 0.05) is 0 Å². The molecule has 0 radical (unpaired) electrons. The first-order chi connectivity index (χ1) is 8.38. The van der Waals surface area contributed by atoms with E-state index in [1.54, 1.807) is 7.11 Å². The van der Waals surface area contributed by atoms with Gasteiger partial charge in [-0.1, -0.05) is 12.1 Å². The number of ether oxygens (including phenoxy) is 1. The van der Waals surface area contributed by atoms with E-state index in [0.29, 0.717) is 0 Å². The maximum absolute atomic E-state index is 5.16. The van der Waals surface area contributed by atoms with E-state index in [0.717, 1.165) is 11.7 Å². The third kappa shape index (κ3) is 4.04. The zero-order chi connectivity index (χ0) is 11.9. The van der Waals surface area contributed by atoms with E-state index in [4.69, 9.17) is 4.74 Å². The highest BCUT2D eigenvalue weighted by molar-refractivity contribution is 5.27. The molecule has 2 nitrogen and oxygen atoms in total. The van der Waals surface area contributed by atoms with Crippen LogP contribution in [-0.2, 0) is 6.42 Å². The molecule has 1 saturated heterocycles. The maximum Gasteiger partial charge on any atom is 0.118 e. The lowest BCUT2D eigenvalue weighted by Crippen LogP contribution is -2.29. The predicted molar refractivity (Wildman–Crippen MR) is 71.5 cm³/mol. The maximum atomic E-state index is 5.16. The van der Waals surface area contributed by atoms with Gasteiger partial charge in [0.1, 0.15) is 5.75 Å². The topological polar surface area (TPSA) is 21.3 Å². The summed E-state index contributed by atoms with van der Waals surface area (Å²) in [6, 6.07) is 8.46. The van der Waals surface area contributed by atoms with Crippen LogP contribution in [0, 0.1) is 5.92 Å². The molecule has 1 heterocycles. The molecule has 0 bridgehead atoms. The van der Waals surface area contributed by atoms with Crippen molar-refractivity contribution >= 4 is 0 Å². The van der Waals surface area contributed by atoms with Gasteiger partial charge in [-0.3, -0.25) is 0 Å². The van der Waals surface area contributed by atoms with Crippen molar-refractivity contribution in [3.05, 3.63) is 29.8 Å². The minimum atomic E-state index is 0.905. The summed E-state index contributed by atoms with van der Waals surface area (Å²) in [7, 11) is 1.71. The molecule has 0 aromatic heterocycles. The Morgan fingerprint density at radius 3 is 2.76 bits per heavy atom. The molecule has 2 heteroatoms. The number of benzene rings is 1. The number of methoxy groups -OCH3 is 1. The monoisotopic (exact) mass is 233 g/mol. The fourth-order valence-electron chi connectivity index (χ4n) is 2.56. The minimum Gasteiger partial charge on any atom is -0.497 e. The Morgan fingerprint density at radius 1 is 1.29 bits per heavy atom. The number of hydrogen-bond acceptors (Lipinski definition) is 2. The summed E-state index contributed by atoms with van der Waals surface area (Å²) in [6.07, 6.45) is 6.63. The van der Waals surface area contributed by atoms with Gasteiger partial charge in [-0.2, -0.15) is 0 Å². The molecule has 1 fully saturated rings. The molecule has 0 saturated carbocycles. The van der Waals surface area contributed by atoms with Crippen LogP contribution < -0.4 is 10.1 Å². The van der Waals surface area contributed by atoms with Crippen LogP contribution in [0.1, 0.15) is 31.2 Å². The molecule has 0 aliphatic carbocycles. The quantitative estimate of drug-likeness (QED) is 0.844. The van der Waals surface area contributed by atoms with E-state index in [2.05, 4.69) is 29.6 Å². The molecule has 1 aromatic rings. The van der Waals surface area contributed by atoms with Gasteiger partial charge in [0.25, 0.3) is 0 Å². The average Bonchev–Trinajstić information content (AvgIpc) is 2.41. The van der Waals surface area contributed by atoms with E-state index in [1.165, 1.54) is 50.8 Å². The lowest BCUT2D eigenvalue weighted by atomic mass is 9.93. The number of piperidine rings is 1. The van der Waals surface area contributed by atoms with Gasteiger partial charge >= 0.3 is 0 Å². The molecular formula is C15H23NO. The SMILES string of the molecule is COc1ccc(CCC[C@@H]2CCCNC2)cc1. The third-order valence-electron chi connectivity index (χ3n) is 3.64. The number of aryl methyl sites for hydroxylation is 1. The van der Waals surface area contributed by atoms with Crippen LogP contribution >= 0.6 is 0 Å². The Hall–Kier alpha value is -1.02. The van der Waals surface area contributed by atoms with Gasteiger partial charge in [0.15, 0.2) is 0 Å². The summed E-state index contributed by atoms with van der Waals surface area (Å²) in [5.74, 6) is 1.85. The fraction of sp³-hybridized carbons (Fsp3) is 0.600. The highest BCUT2D eigenvalue weighted by atomic mass is 16.5. The van der Waals surface area contributed by atoms with Gasteiger partial charge in [0.2, 0.25) is 0 Å². The van der Waals surface area contributed by atoms with Crippen molar-refractivity contribution in [2.45, 2.75) is 32.1 Å². The standard InChI is InChI=1S/C15H23NO/c1-17-15-9-7-13(8-10-15)4-2-5-14-6-3-11-16-12-14/h7-10,14,16H,2-6,11-12H2,1H3/t14-/m1/s1. The molecule has 17 heavy (non-hydrogen) atoms. The Morgan fingerprint density at radius 2 is 2.12 bits per heavy atom. The first-order valence-corrected chi connectivity index (χ1v) is 6.72. The van der Waals surface area contributed by atoms with Crippen LogP contribution in [-0.4, -0.2) is 20.2 Å². The van der Waals surface area contributed by atoms with E-state index >= 15 is 0 Å². The Balaban J connectivity index is 1.69. The second-order valence-electron chi connectivity index (χ2n) is 4.95. The van der Waals surface area contributed by atoms with E-state index in [-0.39, 0.29) is 0 Å². The van der Waals surface area contributed by atoms with E-state index < -0.39 is 0 Å². The first-order valence-electron chi connectivity index (χ1n) is 6.72. The van der Waals surface area contributed by atoms with Crippen LogP contribution in [0.4, 0.5) is 0 Å². The molecule has 2 rings (SSSR count). The molecule has 1 N–H and O–H groups in total. The second kappa shape index (κ2) is 6.65. The zero-order valence-electron chi connectivity index (χ0n) is 10.7. The van der Waals surface area contributed by atoms with Crippen molar-refractivity contribution in [3.63, 3.8) is 0 Å². The van der Waals surface area contributed by atoms with Crippen LogP contribution in [0.2, 0.25) is 0 Å². The Bertz CT molecular complexity index is 314. The van der Waals surface area contributed by atoms with Crippen molar-refractivity contribution in [1.82, 2.24) is 5.32 Å². The van der Waals surface area contributed by atoms with E-state index in [1.807, 2.05) is 0 Å². The van der Waals surface area contributed by atoms with Crippen molar-refractivity contribution in [2.24, 2.45) is 5.92 Å². The van der Waals surface area contributed by atoms with E-state index in [9.17, 15) is 0 Å². The predicted octanol–water partition coefficient (Wildman–Crippen LogP) is 3.02. The van der Waals surface area contributed by atoms with Gasteiger partial charge in [-0.05, 0) is 68.8 Å². The summed E-state index contributed by atoms with van der Waals surface area (Å²) >= 11 is 0. The molecule has 0 amide bonds. The Labute approximate surface area is 104 Å². The van der Waals surface area contributed by atoms with Gasteiger partial charge < -0.3 is 10.1 Å². The van der Waals surface area contributed by atoms with Crippen molar-refractivity contribution in [1.29, 1.82) is 0 Å². The summed E-state index contributed by atoms with van der Waals surface area (Å²) in [5.41, 5.74) is 1.43. The lowest BCUT2D eigenvalue weighted by Gasteiger charge is -2.22. The normalized spacial score (nSPS) is 20.2. The molecule has 1 aliphatic rings. The third-order valence-corrected chi connectivity index (χ3v) is 3.64. The first kappa shape index (κ1) is 12.4. The van der Waals surface area contributed by atoms with Crippen molar-refractivity contribution in [2.75, 3.05) is 20.2 Å². The highest BCUT2D eigenvalue weighted by Crippen LogP contribution is 2.18. The average molecular weight is 233 g/mol. The molecule has 1 aliphatic heterocycles. The number of hydrogen-bond donors (Lipinski definition) is 1. The Kier molecular flexibility index (Phi) is 4.87. The molecule has 0 unspecified atom stereocenters. The smallest absolute Gasteiger partial charge is 0.118 e. The second-order valence-corrected chi connectivity index (χ2v) is 4.95. The summed E-state index contributed by atoms with van der Waals surface area (Å²) in [6.45, 7) is 2.44. The number of rotatable bonds is 5. The van der Waals surface area contributed by atoms with Gasteiger partial charge in [0.05, 0.1) is 7.11 Å². The summed E-state index contributed by atoms with van der Waals surface area (Å²) in [5, 5.41) is 3.48. The summed E-state index contributed by atoms with van der Waals surface area (Å²) in [4.78, 5) is 0. The molecule has 0 spiro atoms. The number of nitrogens with one attached hydrogen (secondary N) is 1. The van der Waals surface area contributed by atoms with Gasteiger partial charge in [-0.15, -0.1) is 0 Å². The highest BCUT2D eigenvalue weighted by Gasteiger charge is 2.11. The molecule has 1 atom stereocenters. The minimum absolute atomic E-state index is 0.905. The molecule has 1 aromatic carbocycles. The van der Waals surface area contributed by atoms with Crippen LogP contribution in [0.25, 0.3) is 0 Å². The fourth-order valence-corrected chi connectivity index (χ4v) is 2.56. The summed E-state index contributed by atoms with van der Waals surface area (Å²) < 4.78 is 5.16. The molecular weight excluding hydrogens is 210 g/mol. The zero-order valence-corrected chi connectivity index (χ0v) is 10.7. The van der Waals surface area contributed by atoms with Crippen LogP contribution in [0.15, 0.2) is 24.3 Å². The largest absolute Gasteiger partial charge is 0.497 e. The van der Waals surface area contributed by atoms with Gasteiger partial charge in [-0.25, -0.2) is 0 Å².